The monoisotopic (exact) mass is 799 g/mol. The molecule has 8 nitrogen and oxygen atoms in total. The van der Waals surface area contributed by atoms with Crippen LogP contribution in [0, 0.1) is 0 Å². The van der Waals surface area contributed by atoms with E-state index in [-0.39, 0.29) is 22.2 Å². The van der Waals surface area contributed by atoms with E-state index in [4.69, 9.17) is 15.0 Å². The molecule has 0 aliphatic carbocycles. The van der Waals surface area contributed by atoms with Crippen molar-refractivity contribution in [3.8, 4) is 0 Å². The summed E-state index contributed by atoms with van der Waals surface area (Å²) in [4.78, 5) is 17.8. The van der Waals surface area contributed by atoms with E-state index in [2.05, 4.69) is 109 Å². The minimum atomic E-state index is 0.0466. The van der Waals surface area contributed by atoms with E-state index in [0.29, 0.717) is 24.0 Å². The van der Waals surface area contributed by atoms with Gasteiger partial charge in [-0.3, -0.25) is 0 Å². The zero-order valence-electron chi connectivity index (χ0n) is 40.2. The van der Waals surface area contributed by atoms with Crippen LogP contribution in [0.3, 0.4) is 0 Å². The van der Waals surface area contributed by atoms with Crippen molar-refractivity contribution in [1.82, 2.24) is 25.6 Å². The van der Waals surface area contributed by atoms with Gasteiger partial charge in [-0.25, -0.2) is 0 Å². The first kappa shape index (κ1) is 51.5. The van der Waals surface area contributed by atoms with Crippen LogP contribution >= 0.6 is 0 Å². The minimum absolute atomic E-state index is 0.0466. The number of hydrogen-bond donors (Lipinski definition) is 4. The molecule has 2 fully saturated rings. The summed E-state index contributed by atoms with van der Waals surface area (Å²) in [5.74, 6) is 2.23. The van der Waals surface area contributed by atoms with Crippen molar-refractivity contribution in [2.24, 2.45) is 0 Å². The summed E-state index contributed by atoms with van der Waals surface area (Å²) in [6.07, 6.45) is 34.3. The van der Waals surface area contributed by atoms with Gasteiger partial charge < -0.3 is 26.2 Å². The number of hydrogen-bond acceptors (Lipinski definition) is 8. The molecule has 0 spiro atoms. The SMILES string of the molecule is CCCCCCCCCCCC.CCCCCCCCCCCCN(c1nc(NCCCC)nc(NC2CC(C)(C)NC(C)(C)C2)n1)C1CC(C)(C)NC(C)(C)C1. The van der Waals surface area contributed by atoms with Crippen LogP contribution in [-0.2, 0) is 0 Å². The van der Waals surface area contributed by atoms with Gasteiger partial charge in [0, 0.05) is 47.3 Å². The highest BCUT2D eigenvalue weighted by atomic mass is 15.3. The number of unbranched alkanes of at least 4 members (excludes halogenated alkanes) is 19. The Morgan fingerprint density at radius 3 is 1.26 bits per heavy atom. The first-order valence-electron chi connectivity index (χ1n) is 24.7. The number of piperidine rings is 2. The van der Waals surface area contributed by atoms with Gasteiger partial charge in [-0.1, -0.05) is 156 Å². The number of nitrogens with zero attached hydrogens (tertiary/aromatic N) is 4. The van der Waals surface area contributed by atoms with Crippen molar-refractivity contribution in [2.75, 3.05) is 28.6 Å². The Morgan fingerprint density at radius 1 is 0.474 bits per heavy atom. The summed E-state index contributed by atoms with van der Waals surface area (Å²) in [6.45, 7) is 29.5. The highest BCUT2D eigenvalue weighted by molar-refractivity contribution is 5.45. The summed E-state index contributed by atoms with van der Waals surface area (Å²) in [7, 11) is 0. The van der Waals surface area contributed by atoms with E-state index >= 15 is 0 Å². The van der Waals surface area contributed by atoms with E-state index in [1.807, 2.05) is 0 Å². The fraction of sp³-hybridized carbons (Fsp3) is 0.939. The predicted octanol–water partition coefficient (Wildman–Crippen LogP) is 13.8. The molecule has 1 aromatic heterocycles. The average molecular weight is 799 g/mol. The molecule has 57 heavy (non-hydrogen) atoms. The number of rotatable bonds is 28. The molecule has 3 rings (SSSR count). The molecule has 334 valence electrons. The van der Waals surface area contributed by atoms with Crippen molar-refractivity contribution < 1.29 is 0 Å². The molecule has 8 heteroatoms. The molecule has 2 aliphatic heterocycles. The topological polar surface area (TPSA) is 90.0 Å². The van der Waals surface area contributed by atoms with Gasteiger partial charge >= 0.3 is 0 Å². The van der Waals surface area contributed by atoms with Crippen LogP contribution < -0.4 is 26.2 Å². The molecular formula is C49H98N8. The standard InChI is InChI=1S/C37H72N8.C12H26/c1-11-13-15-16-17-18-19-20-21-22-24-45(30-27-36(7,8)44-37(9,10)28-30)33-41-31(38-23-14-12-2)40-32(42-33)39-29-25-34(3,4)43-35(5,6)26-29;1-3-5-7-9-11-12-10-8-6-4-2/h29-30,43-44H,11-28H2,1-10H3,(H2,38,39,40,41,42);3-12H2,1-2H3. The van der Waals surface area contributed by atoms with E-state index in [1.165, 1.54) is 128 Å². The molecule has 3 heterocycles. The van der Waals surface area contributed by atoms with Crippen LogP contribution in [0.1, 0.15) is 250 Å². The van der Waals surface area contributed by atoms with Crippen molar-refractivity contribution in [2.45, 2.75) is 284 Å². The molecular weight excluding hydrogens is 701 g/mol. The van der Waals surface area contributed by atoms with Gasteiger partial charge in [0.15, 0.2) is 0 Å². The number of nitrogens with one attached hydrogen (secondary N) is 4. The van der Waals surface area contributed by atoms with Gasteiger partial charge in [0.1, 0.15) is 0 Å². The molecule has 0 amide bonds. The Morgan fingerprint density at radius 2 is 0.842 bits per heavy atom. The van der Waals surface area contributed by atoms with Crippen molar-refractivity contribution in [1.29, 1.82) is 0 Å². The van der Waals surface area contributed by atoms with Gasteiger partial charge in [0.25, 0.3) is 0 Å². The van der Waals surface area contributed by atoms with Gasteiger partial charge in [-0.05, 0) is 93.9 Å². The maximum absolute atomic E-state index is 5.20. The molecule has 4 N–H and O–H groups in total. The summed E-state index contributed by atoms with van der Waals surface area (Å²) >= 11 is 0. The maximum Gasteiger partial charge on any atom is 0.232 e. The Kier molecular flexibility index (Phi) is 24.6. The summed E-state index contributed by atoms with van der Waals surface area (Å²) < 4.78 is 0. The highest BCUT2D eigenvalue weighted by Crippen LogP contribution is 2.35. The van der Waals surface area contributed by atoms with Crippen LogP contribution in [0.5, 0.6) is 0 Å². The summed E-state index contributed by atoms with van der Waals surface area (Å²) in [5.41, 5.74) is 0.187. The second-order valence-corrected chi connectivity index (χ2v) is 20.9. The molecule has 0 unspecified atom stereocenters. The molecule has 2 saturated heterocycles. The lowest BCUT2D eigenvalue weighted by Crippen LogP contribution is -2.62. The number of aromatic nitrogens is 3. The predicted molar refractivity (Wildman–Crippen MR) is 252 cm³/mol. The third-order valence-corrected chi connectivity index (χ3v) is 12.0. The van der Waals surface area contributed by atoms with Crippen LogP contribution in [-0.4, -0.2) is 62.3 Å². The van der Waals surface area contributed by atoms with Crippen molar-refractivity contribution >= 4 is 17.8 Å². The smallest absolute Gasteiger partial charge is 0.232 e. The highest BCUT2D eigenvalue weighted by Gasteiger charge is 2.41. The Labute approximate surface area is 355 Å². The zero-order chi connectivity index (χ0) is 42.2. The van der Waals surface area contributed by atoms with Gasteiger partial charge in [0.2, 0.25) is 17.8 Å². The molecule has 0 radical (unpaired) electrons. The van der Waals surface area contributed by atoms with Crippen molar-refractivity contribution in [3.63, 3.8) is 0 Å². The largest absolute Gasteiger partial charge is 0.354 e. The maximum atomic E-state index is 5.20. The summed E-state index contributed by atoms with van der Waals surface area (Å²) in [6, 6.07) is 0.660. The minimum Gasteiger partial charge on any atom is -0.354 e. The van der Waals surface area contributed by atoms with E-state index in [1.54, 1.807) is 0 Å². The van der Waals surface area contributed by atoms with E-state index in [9.17, 15) is 0 Å². The van der Waals surface area contributed by atoms with Gasteiger partial charge in [-0.2, -0.15) is 15.0 Å². The molecule has 2 aliphatic rings. The van der Waals surface area contributed by atoms with Gasteiger partial charge in [-0.15, -0.1) is 0 Å². The molecule has 0 bridgehead atoms. The molecule has 1 aromatic rings. The van der Waals surface area contributed by atoms with Crippen LogP contribution in [0.4, 0.5) is 17.8 Å². The lowest BCUT2D eigenvalue weighted by Gasteiger charge is -2.49. The number of anilines is 3. The van der Waals surface area contributed by atoms with E-state index < -0.39 is 0 Å². The molecule has 0 atom stereocenters. The van der Waals surface area contributed by atoms with E-state index in [0.717, 1.165) is 57.6 Å². The fourth-order valence-electron chi connectivity index (χ4n) is 9.89. The summed E-state index contributed by atoms with van der Waals surface area (Å²) in [5, 5.41) is 15.0. The van der Waals surface area contributed by atoms with Crippen LogP contribution in [0.15, 0.2) is 0 Å². The lowest BCUT2D eigenvalue weighted by atomic mass is 9.79. The Bertz CT molecular complexity index is 1120. The lowest BCUT2D eigenvalue weighted by molar-refractivity contribution is 0.157. The van der Waals surface area contributed by atoms with Crippen molar-refractivity contribution in [3.05, 3.63) is 0 Å². The first-order valence-corrected chi connectivity index (χ1v) is 24.7. The molecule has 0 aromatic carbocycles. The van der Waals surface area contributed by atoms with Crippen LogP contribution in [0.2, 0.25) is 0 Å². The quantitative estimate of drug-likeness (QED) is 0.0623. The normalized spacial score (nSPS) is 18.8. The zero-order valence-corrected chi connectivity index (χ0v) is 40.2. The second kappa shape index (κ2) is 27.2. The third-order valence-electron chi connectivity index (χ3n) is 12.0. The third kappa shape index (κ3) is 23.1. The Hall–Kier alpha value is -1.67. The first-order chi connectivity index (χ1) is 27.0. The second-order valence-electron chi connectivity index (χ2n) is 20.9. The van der Waals surface area contributed by atoms with Crippen LogP contribution in [0.25, 0.3) is 0 Å². The molecule has 0 saturated carbocycles. The average Bonchev–Trinajstić information content (AvgIpc) is 3.09. The Balaban J connectivity index is 0.000000804. The fourth-order valence-corrected chi connectivity index (χ4v) is 9.89. The van der Waals surface area contributed by atoms with Gasteiger partial charge in [0.05, 0.1) is 0 Å².